The van der Waals surface area contributed by atoms with Gasteiger partial charge in [0.25, 0.3) is 0 Å². The van der Waals surface area contributed by atoms with E-state index in [-0.39, 0.29) is 23.4 Å². The Balaban J connectivity index is 2.32. The summed E-state index contributed by atoms with van der Waals surface area (Å²) in [6.07, 6.45) is 1.87. The molecule has 0 saturated carbocycles. The summed E-state index contributed by atoms with van der Waals surface area (Å²) in [6, 6.07) is 7.41. The van der Waals surface area contributed by atoms with Crippen molar-refractivity contribution in [3.63, 3.8) is 0 Å². The monoisotopic (exact) mass is 433 g/mol. The number of carboxylic acids is 1. The van der Waals surface area contributed by atoms with Crippen LogP contribution >= 0.6 is 11.6 Å². The summed E-state index contributed by atoms with van der Waals surface area (Å²) >= 11 is 5.86. The molecule has 158 valence electrons. The van der Waals surface area contributed by atoms with E-state index >= 15 is 0 Å². The molecule has 0 aliphatic rings. The number of carbonyl (C=O) groups is 1. The third-order valence-corrected chi connectivity index (χ3v) is 5.39. The van der Waals surface area contributed by atoms with Crippen molar-refractivity contribution in [2.45, 2.75) is 25.8 Å². The zero-order chi connectivity index (χ0) is 22.0. The molecule has 0 radical (unpaired) electrons. The minimum atomic E-state index is -1.37. The molecule has 1 atom stereocenters. The summed E-state index contributed by atoms with van der Waals surface area (Å²) in [5, 5.41) is 19.4. The number of aromatic carboxylic acids is 1. The molecule has 30 heavy (non-hydrogen) atoms. The number of pyridine rings is 1. The van der Waals surface area contributed by atoms with Gasteiger partial charge in [-0.1, -0.05) is 30.7 Å². The third-order valence-electron chi connectivity index (χ3n) is 5.10. The van der Waals surface area contributed by atoms with Crippen LogP contribution in [0.15, 0.2) is 41.3 Å². The average molecular weight is 434 g/mol. The standard InChI is InChI=1S/C22H21ClFNO5/c1-3-14(11-26)25-10-16(22(28)29)21(27)15-8-12(9-18(30-2)20(15)25)7-13-5-4-6-17(23)19(13)24/h4-6,8-10,14,26H,3,7,11H2,1-2H3,(H,28,29)/t14-/m0/s1. The molecule has 0 saturated heterocycles. The number of nitrogens with zero attached hydrogens (tertiary/aromatic N) is 1. The second-order valence-corrected chi connectivity index (χ2v) is 7.32. The van der Waals surface area contributed by atoms with E-state index in [1.54, 1.807) is 22.8 Å². The molecule has 3 aromatic rings. The van der Waals surface area contributed by atoms with Crippen molar-refractivity contribution in [1.29, 1.82) is 0 Å². The fourth-order valence-electron chi connectivity index (χ4n) is 3.53. The molecule has 0 aliphatic heterocycles. The number of hydrogen-bond acceptors (Lipinski definition) is 4. The highest BCUT2D eigenvalue weighted by Gasteiger charge is 2.22. The van der Waals surface area contributed by atoms with Crippen LogP contribution in [0.3, 0.4) is 0 Å². The van der Waals surface area contributed by atoms with E-state index in [4.69, 9.17) is 16.3 Å². The molecule has 8 heteroatoms. The molecule has 2 aromatic carbocycles. The predicted molar refractivity (Wildman–Crippen MR) is 112 cm³/mol. The lowest BCUT2D eigenvalue weighted by Gasteiger charge is -2.22. The lowest BCUT2D eigenvalue weighted by Crippen LogP contribution is -2.23. The number of aliphatic hydroxyl groups is 1. The number of carboxylic acid groups (broad SMARTS) is 1. The van der Waals surface area contributed by atoms with E-state index in [9.17, 15) is 24.2 Å². The number of fused-ring (bicyclic) bond motifs is 1. The molecular formula is C22H21ClFNO5. The van der Waals surface area contributed by atoms with E-state index in [1.165, 1.54) is 25.4 Å². The largest absolute Gasteiger partial charge is 0.495 e. The van der Waals surface area contributed by atoms with E-state index in [0.717, 1.165) is 0 Å². The molecule has 3 rings (SSSR count). The number of halogens is 2. The number of benzene rings is 2. The Morgan fingerprint density at radius 3 is 2.67 bits per heavy atom. The Bertz CT molecular complexity index is 1170. The minimum absolute atomic E-state index is 0.00972. The Kier molecular flexibility index (Phi) is 6.43. The fraction of sp³-hybridized carbons (Fsp3) is 0.273. The predicted octanol–water partition coefficient (Wildman–Crippen LogP) is 4.04. The van der Waals surface area contributed by atoms with Gasteiger partial charge in [-0.2, -0.15) is 0 Å². The molecule has 0 fully saturated rings. The number of methoxy groups -OCH3 is 1. The van der Waals surface area contributed by atoms with Gasteiger partial charge >= 0.3 is 5.97 Å². The van der Waals surface area contributed by atoms with E-state index < -0.39 is 28.8 Å². The summed E-state index contributed by atoms with van der Waals surface area (Å²) in [6.45, 7) is 1.60. The van der Waals surface area contributed by atoms with E-state index in [0.29, 0.717) is 28.8 Å². The SMILES string of the molecule is CC[C@@H](CO)n1cc(C(=O)O)c(=O)c2cc(Cc3cccc(Cl)c3F)cc(OC)c21. The number of hydrogen-bond donors (Lipinski definition) is 2. The topological polar surface area (TPSA) is 88.8 Å². The Morgan fingerprint density at radius 2 is 2.07 bits per heavy atom. The van der Waals surface area contributed by atoms with E-state index in [1.807, 2.05) is 6.92 Å². The van der Waals surface area contributed by atoms with Crippen molar-refractivity contribution in [3.05, 3.63) is 74.3 Å². The smallest absolute Gasteiger partial charge is 0.341 e. The summed E-state index contributed by atoms with van der Waals surface area (Å²) in [5.41, 5.74) is 0.184. The Hall–Kier alpha value is -2.90. The summed E-state index contributed by atoms with van der Waals surface area (Å²) in [5.74, 6) is -1.60. The summed E-state index contributed by atoms with van der Waals surface area (Å²) in [7, 11) is 1.43. The lowest BCUT2D eigenvalue weighted by molar-refractivity contribution is 0.0694. The Morgan fingerprint density at radius 1 is 1.33 bits per heavy atom. The molecule has 1 aromatic heterocycles. The number of aromatic nitrogens is 1. The average Bonchev–Trinajstić information content (AvgIpc) is 2.73. The van der Waals surface area contributed by atoms with Crippen LogP contribution in [0.2, 0.25) is 5.02 Å². The molecule has 1 heterocycles. The van der Waals surface area contributed by atoms with Gasteiger partial charge in [-0.25, -0.2) is 9.18 Å². The van der Waals surface area contributed by atoms with Gasteiger partial charge in [0.1, 0.15) is 17.1 Å². The molecule has 0 aliphatic carbocycles. The molecular weight excluding hydrogens is 413 g/mol. The molecule has 0 unspecified atom stereocenters. The zero-order valence-corrected chi connectivity index (χ0v) is 17.2. The molecule has 0 spiro atoms. The fourth-order valence-corrected chi connectivity index (χ4v) is 3.72. The highest BCUT2D eigenvalue weighted by Crippen LogP contribution is 2.31. The van der Waals surface area contributed by atoms with Gasteiger partial charge in [-0.15, -0.1) is 0 Å². The van der Waals surface area contributed by atoms with E-state index in [2.05, 4.69) is 0 Å². The molecule has 0 bridgehead atoms. The second kappa shape index (κ2) is 8.85. The van der Waals surface area contributed by atoms with Gasteiger partial charge in [-0.05, 0) is 35.7 Å². The van der Waals surface area contributed by atoms with Gasteiger partial charge in [-0.3, -0.25) is 4.79 Å². The highest BCUT2D eigenvalue weighted by atomic mass is 35.5. The molecule has 6 nitrogen and oxygen atoms in total. The first-order valence-electron chi connectivity index (χ1n) is 9.35. The minimum Gasteiger partial charge on any atom is -0.495 e. The normalized spacial score (nSPS) is 12.2. The number of aliphatic hydroxyl groups excluding tert-OH is 1. The van der Waals surface area contributed by atoms with Crippen molar-refractivity contribution in [2.24, 2.45) is 0 Å². The van der Waals surface area contributed by atoms with Crippen LogP contribution in [0.5, 0.6) is 5.75 Å². The molecule has 0 amide bonds. The van der Waals surface area contributed by atoms with Gasteiger partial charge in [0.05, 0.1) is 35.7 Å². The maximum atomic E-state index is 14.4. The van der Waals surface area contributed by atoms with Gasteiger partial charge < -0.3 is 19.5 Å². The van der Waals surface area contributed by atoms with Crippen LogP contribution in [0.1, 0.15) is 40.9 Å². The van der Waals surface area contributed by atoms with Gasteiger partial charge in [0, 0.05) is 12.6 Å². The van der Waals surface area contributed by atoms with Crippen LogP contribution in [-0.2, 0) is 6.42 Å². The van der Waals surface area contributed by atoms with Crippen molar-refractivity contribution in [3.8, 4) is 5.75 Å². The van der Waals surface area contributed by atoms with Crippen LogP contribution in [0.4, 0.5) is 4.39 Å². The van der Waals surface area contributed by atoms with Gasteiger partial charge in [0.15, 0.2) is 0 Å². The first kappa shape index (κ1) is 21.8. The summed E-state index contributed by atoms with van der Waals surface area (Å²) < 4.78 is 21.4. The lowest BCUT2D eigenvalue weighted by atomic mass is 10.00. The zero-order valence-electron chi connectivity index (χ0n) is 16.5. The second-order valence-electron chi connectivity index (χ2n) is 6.91. The quantitative estimate of drug-likeness (QED) is 0.587. The highest BCUT2D eigenvalue weighted by molar-refractivity contribution is 6.30. The van der Waals surface area contributed by atoms with Crippen molar-refractivity contribution >= 4 is 28.5 Å². The van der Waals surface area contributed by atoms with Crippen molar-refractivity contribution < 1.29 is 24.1 Å². The summed E-state index contributed by atoms with van der Waals surface area (Å²) in [4.78, 5) is 24.6. The first-order chi connectivity index (χ1) is 14.3. The van der Waals surface area contributed by atoms with Crippen molar-refractivity contribution in [2.75, 3.05) is 13.7 Å². The van der Waals surface area contributed by atoms with Crippen LogP contribution in [-0.4, -0.2) is 34.5 Å². The maximum Gasteiger partial charge on any atom is 0.341 e. The Labute approximate surface area is 177 Å². The number of ether oxygens (including phenoxy) is 1. The van der Waals surface area contributed by atoms with Crippen LogP contribution in [0, 0.1) is 5.82 Å². The van der Waals surface area contributed by atoms with Crippen LogP contribution in [0.25, 0.3) is 10.9 Å². The molecule has 2 N–H and O–H groups in total. The van der Waals surface area contributed by atoms with Crippen molar-refractivity contribution in [1.82, 2.24) is 4.57 Å². The van der Waals surface area contributed by atoms with Gasteiger partial charge in [0.2, 0.25) is 5.43 Å². The maximum absolute atomic E-state index is 14.4. The first-order valence-corrected chi connectivity index (χ1v) is 9.72. The number of rotatable bonds is 7. The van der Waals surface area contributed by atoms with Crippen LogP contribution < -0.4 is 10.2 Å². The third kappa shape index (κ3) is 3.91.